The smallest absolute Gasteiger partial charge is 0.272 e. The van der Waals surface area contributed by atoms with Crippen molar-refractivity contribution in [1.82, 2.24) is 0 Å². The van der Waals surface area contributed by atoms with E-state index in [1.165, 1.54) is 0 Å². The molecule has 0 heterocycles. The Morgan fingerprint density at radius 3 is 1.44 bits per heavy atom. The molecule has 0 aliphatic heterocycles. The molecular formula is C11H20F4O3. The van der Waals surface area contributed by atoms with Gasteiger partial charge in [0.2, 0.25) is 0 Å². The van der Waals surface area contributed by atoms with Crippen molar-refractivity contribution >= 4 is 0 Å². The molecule has 2 unspecified atom stereocenters. The fraction of sp³-hybridized carbons (Fsp3) is 1.00. The Morgan fingerprint density at radius 1 is 0.722 bits per heavy atom. The van der Waals surface area contributed by atoms with Crippen molar-refractivity contribution in [1.29, 1.82) is 0 Å². The third-order valence-electron chi connectivity index (χ3n) is 2.07. The number of alkyl halides is 4. The van der Waals surface area contributed by atoms with E-state index in [4.69, 9.17) is 9.47 Å². The Labute approximate surface area is 104 Å². The molecule has 7 heteroatoms. The molecule has 2 atom stereocenters. The molecule has 0 aliphatic carbocycles. The first kappa shape index (κ1) is 17.6. The second-order valence-corrected chi connectivity index (χ2v) is 3.69. The van der Waals surface area contributed by atoms with Gasteiger partial charge >= 0.3 is 0 Å². The van der Waals surface area contributed by atoms with Crippen LogP contribution in [0.1, 0.15) is 26.7 Å². The molecule has 0 spiro atoms. The number of halogens is 4. The molecule has 110 valence electrons. The van der Waals surface area contributed by atoms with E-state index in [2.05, 4.69) is 4.74 Å². The summed E-state index contributed by atoms with van der Waals surface area (Å²) in [5.74, 6) is 0. The van der Waals surface area contributed by atoms with Gasteiger partial charge in [0.15, 0.2) is 0 Å². The maximum absolute atomic E-state index is 12.9. The first-order valence-electron chi connectivity index (χ1n) is 5.90. The molecule has 0 fully saturated rings. The van der Waals surface area contributed by atoms with Crippen molar-refractivity contribution in [2.45, 2.75) is 51.9 Å². The van der Waals surface area contributed by atoms with Crippen LogP contribution in [0.3, 0.4) is 0 Å². The SMILES string of the molecule is CCC(F)COC(OCC(F)F)OCC(F)CC. The van der Waals surface area contributed by atoms with E-state index in [9.17, 15) is 17.6 Å². The van der Waals surface area contributed by atoms with Crippen LogP contribution in [0.25, 0.3) is 0 Å². The molecule has 0 bridgehead atoms. The molecule has 3 nitrogen and oxygen atoms in total. The molecule has 0 aromatic heterocycles. The highest BCUT2D eigenvalue weighted by Crippen LogP contribution is 2.08. The van der Waals surface area contributed by atoms with Gasteiger partial charge in [-0.25, -0.2) is 17.6 Å². The second kappa shape index (κ2) is 10.5. The van der Waals surface area contributed by atoms with Gasteiger partial charge in [-0.1, -0.05) is 13.8 Å². The lowest BCUT2D eigenvalue weighted by molar-refractivity contribution is -0.302. The molecule has 0 saturated heterocycles. The quantitative estimate of drug-likeness (QED) is 0.429. The van der Waals surface area contributed by atoms with Gasteiger partial charge in [-0.15, -0.1) is 0 Å². The first-order chi connectivity index (χ1) is 8.49. The highest BCUT2D eigenvalue weighted by molar-refractivity contribution is 4.51. The van der Waals surface area contributed by atoms with Crippen molar-refractivity contribution < 1.29 is 31.8 Å². The van der Waals surface area contributed by atoms with Gasteiger partial charge in [0.1, 0.15) is 19.0 Å². The molecule has 0 amide bonds. The van der Waals surface area contributed by atoms with Gasteiger partial charge in [0, 0.05) is 0 Å². The van der Waals surface area contributed by atoms with E-state index in [0.717, 1.165) is 0 Å². The third kappa shape index (κ3) is 9.61. The molecule has 0 saturated carbocycles. The highest BCUT2D eigenvalue weighted by Gasteiger charge is 2.17. The summed E-state index contributed by atoms with van der Waals surface area (Å²) in [5.41, 5.74) is 0. The standard InChI is InChI=1S/C11H20F4O3/c1-3-8(12)5-16-11(18-7-10(14)15)17-6-9(13)4-2/h8-11H,3-7H2,1-2H3. The lowest BCUT2D eigenvalue weighted by Crippen LogP contribution is -2.29. The summed E-state index contributed by atoms with van der Waals surface area (Å²) in [4.78, 5) is 0. The summed E-state index contributed by atoms with van der Waals surface area (Å²) >= 11 is 0. The maximum atomic E-state index is 12.9. The van der Waals surface area contributed by atoms with Gasteiger partial charge in [-0.3, -0.25) is 0 Å². The number of ether oxygens (including phenoxy) is 3. The minimum Gasteiger partial charge on any atom is -0.327 e. The van der Waals surface area contributed by atoms with Crippen molar-refractivity contribution in [3.8, 4) is 0 Å². The highest BCUT2D eigenvalue weighted by atomic mass is 19.3. The summed E-state index contributed by atoms with van der Waals surface area (Å²) in [6.45, 7) is 0.170. The minimum absolute atomic E-state index is 0.224. The van der Waals surface area contributed by atoms with Crippen LogP contribution in [0, 0.1) is 0 Å². The fourth-order valence-corrected chi connectivity index (χ4v) is 0.897. The van der Waals surface area contributed by atoms with Crippen molar-refractivity contribution in [2.75, 3.05) is 19.8 Å². The van der Waals surface area contributed by atoms with E-state index in [0.29, 0.717) is 0 Å². The van der Waals surface area contributed by atoms with Crippen LogP contribution in [0.5, 0.6) is 0 Å². The van der Waals surface area contributed by atoms with Gasteiger partial charge < -0.3 is 14.2 Å². The summed E-state index contributed by atoms with van der Waals surface area (Å²) in [6, 6.07) is 0. The second-order valence-electron chi connectivity index (χ2n) is 3.69. The van der Waals surface area contributed by atoms with Crippen LogP contribution in [0.2, 0.25) is 0 Å². The lowest BCUT2D eigenvalue weighted by Gasteiger charge is -2.20. The summed E-state index contributed by atoms with van der Waals surface area (Å²) < 4.78 is 63.9. The van der Waals surface area contributed by atoms with Crippen molar-refractivity contribution in [3.63, 3.8) is 0 Å². The summed E-state index contributed by atoms with van der Waals surface area (Å²) in [7, 11) is 0. The molecule has 0 N–H and O–H groups in total. The monoisotopic (exact) mass is 276 g/mol. The average molecular weight is 276 g/mol. The summed E-state index contributed by atoms with van der Waals surface area (Å²) in [6.07, 6.45) is -4.72. The van der Waals surface area contributed by atoms with E-state index in [1.807, 2.05) is 0 Å². The molecule has 0 aromatic rings. The zero-order valence-corrected chi connectivity index (χ0v) is 10.6. The molecule has 0 aromatic carbocycles. The molecular weight excluding hydrogens is 256 g/mol. The predicted molar refractivity (Wildman–Crippen MR) is 58.0 cm³/mol. The van der Waals surface area contributed by atoms with Crippen molar-refractivity contribution in [3.05, 3.63) is 0 Å². The van der Waals surface area contributed by atoms with Gasteiger partial charge in [-0.2, -0.15) is 0 Å². The Balaban J connectivity index is 3.98. The third-order valence-corrected chi connectivity index (χ3v) is 2.07. The van der Waals surface area contributed by atoms with Crippen LogP contribution in [-0.2, 0) is 14.2 Å². The number of hydrogen-bond acceptors (Lipinski definition) is 3. The van der Waals surface area contributed by atoms with Crippen LogP contribution >= 0.6 is 0 Å². The van der Waals surface area contributed by atoms with Crippen LogP contribution in [0.4, 0.5) is 17.6 Å². The van der Waals surface area contributed by atoms with Crippen LogP contribution in [-0.4, -0.2) is 45.1 Å². The molecule has 0 radical (unpaired) electrons. The topological polar surface area (TPSA) is 27.7 Å². The van der Waals surface area contributed by atoms with Gasteiger partial charge in [0.05, 0.1) is 13.2 Å². The van der Waals surface area contributed by atoms with Gasteiger partial charge in [0.25, 0.3) is 12.9 Å². The fourth-order valence-electron chi connectivity index (χ4n) is 0.897. The first-order valence-corrected chi connectivity index (χ1v) is 5.90. The lowest BCUT2D eigenvalue weighted by atomic mass is 10.3. The van der Waals surface area contributed by atoms with E-state index >= 15 is 0 Å². The Morgan fingerprint density at radius 2 is 1.11 bits per heavy atom. The predicted octanol–water partition coefficient (Wildman–Crippen LogP) is 3.08. The van der Waals surface area contributed by atoms with Crippen LogP contribution < -0.4 is 0 Å². The zero-order chi connectivity index (χ0) is 14.0. The Bertz CT molecular complexity index is 181. The maximum Gasteiger partial charge on any atom is 0.272 e. The largest absolute Gasteiger partial charge is 0.327 e. The Hall–Kier alpha value is -0.400. The van der Waals surface area contributed by atoms with E-state index in [-0.39, 0.29) is 26.1 Å². The zero-order valence-electron chi connectivity index (χ0n) is 10.6. The van der Waals surface area contributed by atoms with E-state index in [1.54, 1.807) is 13.8 Å². The van der Waals surface area contributed by atoms with Crippen LogP contribution in [0.15, 0.2) is 0 Å². The summed E-state index contributed by atoms with van der Waals surface area (Å²) in [5, 5.41) is 0. The number of hydrogen-bond donors (Lipinski definition) is 0. The molecule has 18 heavy (non-hydrogen) atoms. The molecule has 0 aliphatic rings. The molecule has 0 rings (SSSR count). The average Bonchev–Trinajstić information content (AvgIpc) is 2.36. The number of rotatable bonds is 11. The normalized spacial score (nSPS) is 16.8. The minimum atomic E-state index is -2.70. The Kier molecular flexibility index (Phi) is 10.3. The van der Waals surface area contributed by atoms with Gasteiger partial charge in [-0.05, 0) is 12.8 Å². The van der Waals surface area contributed by atoms with Crippen molar-refractivity contribution in [2.24, 2.45) is 0 Å². The van der Waals surface area contributed by atoms with E-state index < -0.39 is 31.9 Å².